The summed E-state index contributed by atoms with van der Waals surface area (Å²) >= 11 is 0. The first kappa shape index (κ1) is 9.97. The van der Waals surface area contributed by atoms with E-state index in [2.05, 4.69) is 0 Å². The molecule has 0 saturated heterocycles. The SMILES string of the molecule is CCOC1=C[C@H](c2ccccc2)CC1=O. The summed E-state index contributed by atoms with van der Waals surface area (Å²) in [6.07, 6.45) is 2.47. The third kappa shape index (κ3) is 2.09. The van der Waals surface area contributed by atoms with E-state index in [1.54, 1.807) is 0 Å². The minimum atomic E-state index is 0.116. The molecule has 1 aromatic carbocycles. The summed E-state index contributed by atoms with van der Waals surface area (Å²) in [7, 11) is 0. The zero-order valence-corrected chi connectivity index (χ0v) is 8.77. The van der Waals surface area contributed by atoms with Gasteiger partial charge >= 0.3 is 0 Å². The van der Waals surface area contributed by atoms with Gasteiger partial charge in [-0.15, -0.1) is 0 Å². The van der Waals surface area contributed by atoms with Gasteiger partial charge in [-0.2, -0.15) is 0 Å². The lowest BCUT2D eigenvalue weighted by molar-refractivity contribution is -0.118. The van der Waals surface area contributed by atoms with E-state index < -0.39 is 0 Å². The summed E-state index contributed by atoms with van der Waals surface area (Å²) in [6.45, 7) is 2.45. The molecule has 0 amide bonds. The summed E-state index contributed by atoms with van der Waals surface area (Å²) in [5.41, 5.74) is 1.18. The van der Waals surface area contributed by atoms with E-state index in [-0.39, 0.29) is 11.7 Å². The second-order valence-electron chi connectivity index (χ2n) is 3.61. The Balaban J connectivity index is 2.18. The Hall–Kier alpha value is -1.57. The summed E-state index contributed by atoms with van der Waals surface area (Å²) in [5, 5.41) is 0. The van der Waals surface area contributed by atoms with Crippen LogP contribution in [0, 0.1) is 0 Å². The molecule has 1 aliphatic carbocycles. The molecule has 0 heterocycles. The van der Waals surface area contributed by atoms with Crippen LogP contribution in [0.3, 0.4) is 0 Å². The van der Waals surface area contributed by atoms with Gasteiger partial charge in [0.2, 0.25) is 0 Å². The topological polar surface area (TPSA) is 26.3 Å². The van der Waals surface area contributed by atoms with Crippen molar-refractivity contribution in [3.8, 4) is 0 Å². The molecule has 0 fully saturated rings. The van der Waals surface area contributed by atoms with E-state index >= 15 is 0 Å². The van der Waals surface area contributed by atoms with Crippen LogP contribution >= 0.6 is 0 Å². The molecule has 78 valence electrons. The maximum atomic E-state index is 11.6. The van der Waals surface area contributed by atoms with Gasteiger partial charge in [0, 0.05) is 12.3 Å². The van der Waals surface area contributed by atoms with Crippen molar-refractivity contribution in [3.63, 3.8) is 0 Å². The van der Waals surface area contributed by atoms with Crippen molar-refractivity contribution in [2.75, 3.05) is 6.61 Å². The third-order valence-electron chi connectivity index (χ3n) is 2.56. The fourth-order valence-electron chi connectivity index (χ4n) is 1.83. The standard InChI is InChI=1S/C13H14O2/c1-2-15-13-9-11(8-12(13)14)10-6-4-3-5-7-10/h3-7,9,11H,2,8H2,1H3/t11-/m1/s1. The smallest absolute Gasteiger partial charge is 0.197 e. The fraction of sp³-hybridized carbons (Fsp3) is 0.308. The minimum absolute atomic E-state index is 0.116. The highest BCUT2D eigenvalue weighted by Crippen LogP contribution is 2.30. The zero-order valence-electron chi connectivity index (χ0n) is 8.77. The van der Waals surface area contributed by atoms with Gasteiger partial charge in [-0.05, 0) is 18.6 Å². The Bertz CT molecular complexity index is 379. The third-order valence-corrected chi connectivity index (χ3v) is 2.56. The Labute approximate surface area is 89.6 Å². The quantitative estimate of drug-likeness (QED) is 0.753. The van der Waals surface area contributed by atoms with Crippen LogP contribution < -0.4 is 0 Å². The molecule has 2 heteroatoms. The van der Waals surface area contributed by atoms with Crippen molar-refractivity contribution in [2.24, 2.45) is 0 Å². The molecule has 0 N–H and O–H groups in total. The number of benzene rings is 1. The van der Waals surface area contributed by atoms with Crippen LogP contribution in [0.2, 0.25) is 0 Å². The lowest BCUT2D eigenvalue weighted by Gasteiger charge is -2.04. The predicted molar refractivity (Wildman–Crippen MR) is 58.5 cm³/mol. The van der Waals surface area contributed by atoms with E-state index in [1.165, 1.54) is 5.56 Å². The van der Waals surface area contributed by atoms with E-state index in [0.717, 1.165) is 0 Å². The number of allylic oxidation sites excluding steroid dienone is 2. The molecule has 0 aromatic heterocycles. The Kier molecular flexibility index (Phi) is 2.86. The Morgan fingerprint density at radius 2 is 2.07 bits per heavy atom. The summed E-state index contributed by atoms with van der Waals surface area (Å²) < 4.78 is 5.28. The van der Waals surface area contributed by atoms with Crippen LogP contribution in [-0.2, 0) is 9.53 Å². The van der Waals surface area contributed by atoms with E-state index in [1.807, 2.05) is 43.3 Å². The molecule has 1 aliphatic rings. The molecule has 1 aromatic rings. The first-order chi connectivity index (χ1) is 7.31. The van der Waals surface area contributed by atoms with Gasteiger partial charge in [-0.3, -0.25) is 4.79 Å². The van der Waals surface area contributed by atoms with Gasteiger partial charge in [0.05, 0.1) is 6.61 Å². The maximum absolute atomic E-state index is 11.6. The van der Waals surface area contributed by atoms with E-state index in [4.69, 9.17) is 4.74 Å². The monoisotopic (exact) mass is 202 g/mol. The number of hydrogen-bond acceptors (Lipinski definition) is 2. The van der Waals surface area contributed by atoms with E-state index in [9.17, 15) is 4.79 Å². The van der Waals surface area contributed by atoms with Gasteiger partial charge in [-0.1, -0.05) is 30.3 Å². The molecular weight excluding hydrogens is 188 g/mol. The molecule has 15 heavy (non-hydrogen) atoms. The molecule has 1 atom stereocenters. The minimum Gasteiger partial charge on any atom is -0.490 e. The van der Waals surface area contributed by atoms with Crippen molar-refractivity contribution in [1.29, 1.82) is 0 Å². The molecule has 0 saturated carbocycles. The highest BCUT2D eigenvalue weighted by atomic mass is 16.5. The van der Waals surface area contributed by atoms with Crippen molar-refractivity contribution in [2.45, 2.75) is 19.3 Å². The predicted octanol–water partition coefficient (Wildman–Crippen LogP) is 2.66. The molecule has 2 rings (SSSR count). The molecule has 0 unspecified atom stereocenters. The highest BCUT2D eigenvalue weighted by molar-refractivity contribution is 5.96. The fourth-order valence-corrected chi connectivity index (χ4v) is 1.83. The van der Waals surface area contributed by atoms with Crippen LogP contribution in [0.25, 0.3) is 0 Å². The molecule has 0 bridgehead atoms. The normalized spacial score (nSPS) is 20.2. The van der Waals surface area contributed by atoms with Crippen molar-refractivity contribution in [3.05, 3.63) is 47.7 Å². The van der Waals surface area contributed by atoms with Gasteiger partial charge in [0.1, 0.15) is 0 Å². The number of Topliss-reactive ketones (excluding diaryl/α,β-unsaturated/α-hetero) is 1. The highest BCUT2D eigenvalue weighted by Gasteiger charge is 2.25. The van der Waals surface area contributed by atoms with Gasteiger partial charge in [-0.25, -0.2) is 0 Å². The molecular formula is C13H14O2. The molecule has 0 aliphatic heterocycles. The first-order valence-electron chi connectivity index (χ1n) is 5.24. The number of carbonyl (C=O) groups excluding carboxylic acids is 1. The second kappa shape index (κ2) is 4.30. The number of carbonyl (C=O) groups is 1. The van der Waals surface area contributed by atoms with E-state index in [0.29, 0.717) is 18.8 Å². The number of rotatable bonds is 3. The summed E-state index contributed by atoms with van der Waals surface area (Å²) in [5.74, 6) is 0.845. The number of ketones is 1. The Morgan fingerprint density at radius 1 is 1.33 bits per heavy atom. The number of hydrogen-bond donors (Lipinski definition) is 0. The zero-order chi connectivity index (χ0) is 10.7. The largest absolute Gasteiger partial charge is 0.490 e. The lowest BCUT2D eigenvalue weighted by atomic mass is 9.99. The van der Waals surface area contributed by atoms with Crippen LogP contribution in [0.5, 0.6) is 0 Å². The Morgan fingerprint density at radius 3 is 2.73 bits per heavy atom. The van der Waals surface area contributed by atoms with Gasteiger partial charge in [0.15, 0.2) is 11.5 Å². The van der Waals surface area contributed by atoms with Crippen molar-refractivity contribution >= 4 is 5.78 Å². The first-order valence-corrected chi connectivity index (χ1v) is 5.24. The maximum Gasteiger partial charge on any atom is 0.197 e. The number of ether oxygens (including phenoxy) is 1. The average Bonchev–Trinajstić information content (AvgIpc) is 2.63. The molecule has 0 spiro atoms. The van der Waals surface area contributed by atoms with Crippen LogP contribution in [0.15, 0.2) is 42.2 Å². The van der Waals surface area contributed by atoms with Crippen LogP contribution in [0.4, 0.5) is 0 Å². The van der Waals surface area contributed by atoms with Crippen molar-refractivity contribution < 1.29 is 9.53 Å². The second-order valence-corrected chi connectivity index (χ2v) is 3.61. The van der Waals surface area contributed by atoms with Crippen LogP contribution in [-0.4, -0.2) is 12.4 Å². The average molecular weight is 202 g/mol. The van der Waals surface area contributed by atoms with Gasteiger partial charge in [0.25, 0.3) is 0 Å². The summed E-state index contributed by atoms with van der Waals surface area (Å²) in [6, 6.07) is 10.1. The molecule has 0 radical (unpaired) electrons. The lowest BCUT2D eigenvalue weighted by Crippen LogP contribution is -2.00. The molecule has 2 nitrogen and oxygen atoms in total. The van der Waals surface area contributed by atoms with Crippen LogP contribution in [0.1, 0.15) is 24.8 Å². The van der Waals surface area contributed by atoms with Gasteiger partial charge < -0.3 is 4.74 Å². The summed E-state index contributed by atoms with van der Waals surface area (Å²) in [4.78, 5) is 11.6. The van der Waals surface area contributed by atoms with Crippen molar-refractivity contribution in [1.82, 2.24) is 0 Å².